The van der Waals surface area contributed by atoms with E-state index in [0.717, 1.165) is 18.9 Å². The lowest BCUT2D eigenvalue weighted by atomic mass is 10.1. The van der Waals surface area contributed by atoms with Crippen molar-refractivity contribution in [1.82, 2.24) is 10.6 Å². The second-order valence-corrected chi connectivity index (χ2v) is 4.01. The van der Waals surface area contributed by atoms with Gasteiger partial charge in [0.15, 0.2) is 0 Å². The van der Waals surface area contributed by atoms with Crippen LogP contribution in [0.3, 0.4) is 0 Å². The molecule has 0 aliphatic heterocycles. The number of rotatable bonds is 6. The van der Waals surface area contributed by atoms with Crippen LogP contribution in [0.2, 0.25) is 0 Å². The molecule has 6 heteroatoms. The SMILES string of the molecule is O=C(O)/C=C/C(=O)NC(=O)NCCCc1ccccc1. The molecule has 0 unspecified atom stereocenters. The van der Waals surface area contributed by atoms with Crippen LogP contribution in [-0.2, 0) is 16.0 Å². The molecule has 1 aromatic carbocycles. The Morgan fingerprint density at radius 3 is 2.45 bits per heavy atom. The van der Waals surface area contributed by atoms with Crippen LogP contribution in [0.5, 0.6) is 0 Å². The number of amides is 3. The number of carboxylic acids is 1. The third-order valence-corrected chi connectivity index (χ3v) is 2.38. The van der Waals surface area contributed by atoms with E-state index < -0.39 is 17.9 Å². The van der Waals surface area contributed by atoms with Gasteiger partial charge in [-0.3, -0.25) is 10.1 Å². The van der Waals surface area contributed by atoms with Crippen LogP contribution in [-0.4, -0.2) is 29.6 Å². The number of aliphatic carboxylic acids is 1. The van der Waals surface area contributed by atoms with Crippen LogP contribution in [0.4, 0.5) is 4.79 Å². The van der Waals surface area contributed by atoms with Crippen molar-refractivity contribution in [1.29, 1.82) is 0 Å². The van der Waals surface area contributed by atoms with E-state index in [2.05, 4.69) is 5.32 Å². The van der Waals surface area contributed by atoms with Crippen molar-refractivity contribution in [3.05, 3.63) is 48.0 Å². The molecule has 6 nitrogen and oxygen atoms in total. The lowest BCUT2D eigenvalue weighted by Crippen LogP contribution is -2.39. The Kier molecular flexibility index (Phi) is 6.53. The third kappa shape index (κ3) is 6.95. The van der Waals surface area contributed by atoms with Crippen molar-refractivity contribution in [3.63, 3.8) is 0 Å². The minimum absolute atomic E-state index is 0.427. The zero-order chi connectivity index (χ0) is 14.8. The summed E-state index contributed by atoms with van der Waals surface area (Å²) in [6.07, 6.45) is 3.02. The highest BCUT2D eigenvalue weighted by molar-refractivity contribution is 6.02. The molecule has 20 heavy (non-hydrogen) atoms. The molecule has 0 bridgehead atoms. The van der Waals surface area contributed by atoms with E-state index in [-0.39, 0.29) is 0 Å². The van der Waals surface area contributed by atoms with Crippen molar-refractivity contribution in [2.45, 2.75) is 12.8 Å². The molecule has 0 spiro atoms. The maximum atomic E-state index is 11.3. The summed E-state index contributed by atoms with van der Waals surface area (Å²) in [6.45, 7) is 0.427. The van der Waals surface area contributed by atoms with Gasteiger partial charge in [0.2, 0.25) is 0 Å². The number of urea groups is 1. The van der Waals surface area contributed by atoms with Crippen molar-refractivity contribution in [3.8, 4) is 0 Å². The number of hydrogen-bond acceptors (Lipinski definition) is 3. The van der Waals surface area contributed by atoms with Gasteiger partial charge in [-0.15, -0.1) is 0 Å². The fourth-order valence-corrected chi connectivity index (χ4v) is 1.48. The van der Waals surface area contributed by atoms with E-state index >= 15 is 0 Å². The third-order valence-electron chi connectivity index (χ3n) is 2.38. The lowest BCUT2D eigenvalue weighted by Gasteiger charge is -2.05. The first-order chi connectivity index (χ1) is 9.58. The molecule has 0 radical (unpaired) electrons. The van der Waals surface area contributed by atoms with E-state index in [0.29, 0.717) is 12.6 Å². The molecular formula is C14H16N2O4. The van der Waals surface area contributed by atoms with Gasteiger partial charge in [-0.2, -0.15) is 0 Å². The predicted molar refractivity (Wildman–Crippen MR) is 73.1 cm³/mol. The van der Waals surface area contributed by atoms with Crippen LogP contribution < -0.4 is 10.6 Å². The minimum Gasteiger partial charge on any atom is -0.478 e. The summed E-state index contributed by atoms with van der Waals surface area (Å²) in [7, 11) is 0. The van der Waals surface area contributed by atoms with Crippen LogP contribution >= 0.6 is 0 Å². The average Bonchev–Trinajstić information content (AvgIpc) is 2.42. The standard InChI is InChI=1S/C14H16N2O4/c17-12(8-9-13(18)19)16-14(20)15-10-4-7-11-5-2-1-3-6-11/h1-3,5-6,8-9H,4,7,10H2,(H,18,19)(H2,15,16,17,20)/b9-8+. The number of carbonyl (C=O) groups excluding carboxylic acids is 2. The summed E-state index contributed by atoms with van der Waals surface area (Å²) in [5.74, 6) is -2.02. The number of carbonyl (C=O) groups is 3. The van der Waals surface area contributed by atoms with E-state index in [4.69, 9.17) is 5.11 Å². The van der Waals surface area contributed by atoms with Gasteiger partial charge >= 0.3 is 12.0 Å². The Balaban J connectivity index is 2.17. The maximum absolute atomic E-state index is 11.3. The Morgan fingerprint density at radius 2 is 1.80 bits per heavy atom. The zero-order valence-electron chi connectivity index (χ0n) is 10.8. The molecule has 0 saturated carbocycles. The van der Waals surface area contributed by atoms with Crippen LogP contribution in [0.15, 0.2) is 42.5 Å². The second-order valence-electron chi connectivity index (χ2n) is 4.01. The molecule has 0 aromatic heterocycles. The quantitative estimate of drug-likeness (QED) is 0.535. The van der Waals surface area contributed by atoms with Crippen molar-refractivity contribution >= 4 is 17.9 Å². The van der Waals surface area contributed by atoms with E-state index in [1.54, 1.807) is 0 Å². The van der Waals surface area contributed by atoms with Crippen molar-refractivity contribution in [2.75, 3.05) is 6.54 Å². The number of carboxylic acid groups (broad SMARTS) is 1. The second kappa shape index (κ2) is 8.47. The minimum atomic E-state index is -1.25. The number of nitrogens with one attached hydrogen (secondary N) is 2. The summed E-state index contributed by atoms with van der Waals surface area (Å²) < 4.78 is 0. The first kappa shape index (κ1) is 15.4. The first-order valence-corrected chi connectivity index (χ1v) is 6.11. The summed E-state index contributed by atoms with van der Waals surface area (Å²) in [4.78, 5) is 32.5. The van der Waals surface area contributed by atoms with Crippen LogP contribution in [0.1, 0.15) is 12.0 Å². The van der Waals surface area contributed by atoms with Gasteiger partial charge in [-0.25, -0.2) is 9.59 Å². The number of benzene rings is 1. The maximum Gasteiger partial charge on any atom is 0.328 e. The highest BCUT2D eigenvalue weighted by Gasteiger charge is 2.04. The molecule has 3 N–H and O–H groups in total. The molecule has 1 rings (SSSR count). The molecule has 0 atom stereocenters. The molecule has 0 heterocycles. The summed E-state index contributed by atoms with van der Waals surface area (Å²) in [5.41, 5.74) is 1.18. The zero-order valence-corrected chi connectivity index (χ0v) is 10.8. The normalized spacial score (nSPS) is 10.2. The lowest BCUT2D eigenvalue weighted by molar-refractivity contribution is -0.131. The topological polar surface area (TPSA) is 95.5 Å². The highest BCUT2D eigenvalue weighted by Crippen LogP contribution is 2.01. The largest absolute Gasteiger partial charge is 0.478 e. The summed E-state index contributed by atoms with van der Waals surface area (Å²) in [5, 5.41) is 12.8. The van der Waals surface area contributed by atoms with Crippen molar-refractivity contribution in [2.24, 2.45) is 0 Å². The number of aryl methyl sites for hydroxylation is 1. The van der Waals surface area contributed by atoms with Crippen molar-refractivity contribution < 1.29 is 19.5 Å². The smallest absolute Gasteiger partial charge is 0.328 e. The van der Waals surface area contributed by atoms with Gasteiger partial charge in [0.25, 0.3) is 5.91 Å². The van der Waals surface area contributed by atoms with E-state index in [1.165, 1.54) is 5.56 Å². The molecule has 106 valence electrons. The van der Waals surface area contributed by atoms with E-state index in [1.807, 2.05) is 35.6 Å². The average molecular weight is 276 g/mol. The Morgan fingerprint density at radius 1 is 1.10 bits per heavy atom. The van der Waals surface area contributed by atoms with Gasteiger partial charge in [-0.1, -0.05) is 30.3 Å². The fraction of sp³-hybridized carbons (Fsp3) is 0.214. The molecule has 0 fully saturated rings. The van der Waals surface area contributed by atoms with Crippen LogP contribution in [0, 0.1) is 0 Å². The fourth-order valence-electron chi connectivity index (χ4n) is 1.48. The van der Waals surface area contributed by atoms with Gasteiger partial charge < -0.3 is 10.4 Å². The molecule has 1 aromatic rings. The van der Waals surface area contributed by atoms with Crippen LogP contribution in [0.25, 0.3) is 0 Å². The Bertz CT molecular complexity index is 497. The molecule has 3 amide bonds. The molecule has 0 saturated heterocycles. The first-order valence-electron chi connectivity index (χ1n) is 6.11. The summed E-state index contributed by atoms with van der Waals surface area (Å²) in [6, 6.07) is 9.19. The molecule has 0 aliphatic carbocycles. The number of hydrogen-bond donors (Lipinski definition) is 3. The van der Waals surface area contributed by atoms with Gasteiger partial charge in [-0.05, 0) is 18.4 Å². The predicted octanol–water partition coefficient (Wildman–Crippen LogP) is 1.09. The van der Waals surface area contributed by atoms with Gasteiger partial charge in [0.05, 0.1) is 0 Å². The Hall–Kier alpha value is -2.63. The number of imide groups is 1. The van der Waals surface area contributed by atoms with E-state index in [9.17, 15) is 14.4 Å². The Labute approximate surface area is 116 Å². The van der Waals surface area contributed by atoms with Gasteiger partial charge in [0, 0.05) is 18.7 Å². The summed E-state index contributed by atoms with van der Waals surface area (Å²) >= 11 is 0. The molecular weight excluding hydrogens is 260 g/mol. The highest BCUT2D eigenvalue weighted by atomic mass is 16.4. The van der Waals surface area contributed by atoms with Gasteiger partial charge in [0.1, 0.15) is 0 Å². The monoisotopic (exact) mass is 276 g/mol. The molecule has 0 aliphatic rings.